The highest BCUT2D eigenvalue weighted by molar-refractivity contribution is 6.39. The Kier molecular flexibility index (Phi) is 7.94. The predicted octanol–water partition coefficient (Wildman–Crippen LogP) is 20.4. The van der Waals surface area contributed by atoms with Crippen LogP contribution in [0.2, 0.25) is 0 Å². The predicted molar refractivity (Wildman–Crippen MR) is 353 cm³/mol. The lowest BCUT2D eigenvalue weighted by molar-refractivity contribution is 1.17. The topological polar surface area (TPSA) is 28.5 Å². The van der Waals surface area contributed by atoms with Gasteiger partial charge in [-0.3, -0.25) is 0 Å². The summed E-state index contributed by atoms with van der Waals surface area (Å²) in [5.41, 5.74) is 21.3. The molecule has 0 aliphatic carbocycles. The summed E-state index contributed by atoms with van der Waals surface area (Å²) in [6.07, 6.45) is 0. The maximum Gasteiger partial charge on any atom is 0.0812 e. The maximum absolute atomic E-state index is 2.69. The molecule has 386 valence electrons. The van der Waals surface area contributed by atoms with Gasteiger partial charge in [-0.15, -0.1) is 0 Å². The minimum Gasteiger partial charge on any atom is -0.309 e. The summed E-state index contributed by atoms with van der Waals surface area (Å²) in [6, 6.07) is 100.0. The van der Waals surface area contributed by atoms with Gasteiger partial charge in [-0.25, -0.2) is 0 Å². The summed E-state index contributed by atoms with van der Waals surface area (Å²) in [4.78, 5) is 0. The van der Waals surface area contributed by atoms with Crippen molar-refractivity contribution >= 4 is 163 Å². The van der Waals surface area contributed by atoms with E-state index in [9.17, 15) is 0 Å². The second-order valence-electron chi connectivity index (χ2n) is 23.0. The molecule has 0 atom stereocenters. The van der Waals surface area contributed by atoms with Crippen molar-refractivity contribution in [3.05, 3.63) is 267 Å². The first-order valence-corrected chi connectivity index (χ1v) is 29.1. The zero-order valence-electron chi connectivity index (χ0n) is 45.1. The van der Waals surface area contributed by atoms with Crippen LogP contribution in [0.25, 0.3) is 186 Å². The van der Waals surface area contributed by atoms with Crippen molar-refractivity contribution in [1.82, 2.24) is 27.1 Å². The van der Waals surface area contributed by atoms with Gasteiger partial charge < -0.3 is 27.1 Å². The van der Waals surface area contributed by atoms with Crippen LogP contribution in [0.1, 0.15) is 0 Å². The van der Waals surface area contributed by atoms with Gasteiger partial charge in [0.2, 0.25) is 0 Å². The molecule has 0 bridgehead atoms. The van der Waals surface area contributed by atoms with Crippen LogP contribution in [0.5, 0.6) is 0 Å². The zero-order chi connectivity index (χ0) is 54.2. The highest BCUT2D eigenvalue weighted by Crippen LogP contribution is 2.55. The van der Waals surface area contributed by atoms with Gasteiger partial charge >= 0.3 is 0 Å². The average Bonchev–Trinajstić information content (AvgIpc) is 1.65. The van der Waals surface area contributed by atoms with E-state index in [2.05, 4.69) is 294 Å². The first-order valence-electron chi connectivity index (χ1n) is 29.1. The van der Waals surface area contributed by atoms with E-state index in [-0.39, 0.29) is 0 Å². The number of nitrogens with zero attached hydrogens (tertiary/aromatic N) is 6. The molecule has 84 heavy (non-hydrogen) atoms. The van der Waals surface area contributed by atoms with Crippen molar-refractivity contribution < 1.29 is 0 Å². The molecule has 0 aliphatic heterocycles. The molecule has 0 spiro atoms. The summed E-state index contributed by atoms with van der Waals surface area (Å²) in [5.74, 6) is 0. The van der Waals surface area contributed by atoms with Gasteiger partial charge in [0.05, 0.1) is 88.6 Å². The number of para-hydroxylation sites is 10. The van der Waals surface area contributed by atoms with E-state index in [1.165, 1.54) is 175 Å². The Morgan fingerprint density at radius 1 is 0.155 bits per heavy atom. The highest BCUT2D eigenvalue weighted by atomic mass is 15.1. The molecule has 0 radical (unpaired) electrons. The lowest BCUT2D eigenvalue weighted by atomic mass is 9.99. The van der Waals surface area contributed by atoms with Crippen molar-refractivity contribution in [1.29, 1.82) is 0 Å². The summed E-state index contributed by atoms with van der Waals surface area (Å²) >= 11 is 0. The minimum absolute atomic E-state index is 1.15. The molecule has 6 heteroatoms. The van der Waals surface area contributed by atoms with Crippen LogP contribution in [0.15, 0.2) is 267 Å². The Morgan fingerprint density at radius 2 is 0.429 bits per heavy atom. The van der Waals surface area contributed by atoms with Crippen LogP contribution in [-0.2, 0) is 0 Å². The Morgan fingerprint density at radius 3 is 0.774 bits per heavy atom. The third kappa shape index (κ3) is 5.05. The summed E-state index contributed by atoms with van der Waals surface area (Å²) in [7, 11) is 0. The number of aromatic nitrogens is 6. The van der Waals surface area contributed by atoms with Crippen molar-refractivity contribution in [2.24, 2.45) is 0 Å². The Bertz CT molecular complexity index is 5960. The smallest absolute Gasteiger partial charge is 0.0812 e. The first-order chi connectivity index (χ1) is 41.8. The number of fused-ring (bicyclic) bond motifs is 26. The fraction of sp³-hybridized carbons (Fsp3) is 0. The molecule has 0 unspecified atom stereocenters. The van der Waals surface area contributed by atoms with E-state index in [4.69, 9.17) is 0 Å². The summed E-state index contributed by atoms with van der Waals surface area (Å²) in [5, 5.41) is 19.7. The molecular weight excluding hydrogens is 1020 g/mol. The fourth-order valence-electron chi connectivity index (χ4n) is 16.2. The molecule has 0 saturated heterocycles. The molecule has 8 aromatic heterocycles. The Hall–Kier alpha value is -11.3. The van der Waals surface area contributed by atoms with E-state index < -0.39 is 0 Å². The molecule has 21 aromatic rings. The van der Waals surface area contributed by atoms with Crippen molar-refractivity contribution in [2.45, 2.75) is 0 Å². The molecule has 13 aromatic carbocycles. The number of hydrogen-bond donors (Lipinski definition) is 0. The minimum atomic E-state index is 1.15. The standard InChI is InChI=1S/C78H44N6/c1-3-21-45(22-4-1)79-59-35-13-11-29-51(59)53-41-43-65-67(73(53)79)55-31-19-33-57-69-76(82-63-39-17-9-27-49(63)50-28-10-18-40-64(50)82)78-70(75(77(69)83(65)71(55)57)81-61-37-15-7-25-47(61)48-26-8-16-38-62(48)81)58-34-20-32-56-68-66(84(78)72(56)58)44-42-54-52-30-12-14-36-60(52)80(74(54)68)46-23-5-2-6-24-46/h1-44H. The fourth-order valence-corrected chi connectivity index (χ4v) is 16.2. The lowest BCUT2D eigenvalue weighted by Crippen LogP contribution is -2.04. The number of rotatable bonds is 4. The molecule has 6 nitrogen and oxygen atoms in total. The zero-order valence-corrected chi connectivity index (χ0v) is 45.1. The maximum atomic E-state index is 2.69. The van der Waals surface area contributed by atoms with Crippen molar-refractivity contribution in [3.8, 4) is 22.7 Å². The van der Waals surface area contributed by atoms with Crippen LogP contribution >= 0.6 is 0 Å². The third-order valence-corrected chi connectivity index (χ3v) is 19.2. The average molecular weight is 1070 g/mol. The van der Waals surface area contributed by atoms with Crippen LogP contribution in [0.4, 0.5) is 0 Å². The summed E-state index contributed by atoms with van der Waals surface area (Å²) < 4.78 is 15.7. The van der Waals surface area contributed by atoms with E-state index in [0.29, 0.717) is 0 Å². The van der Waals surface area contributed by atoms with Crippen LogP contribution in [0.3, 0.4) is 0 Å². The van der Waals surface area contributed by atoms with Crippen molar-refractivity contribution in [3.63, 3.8) is 0 Å². The largest absolute Gasteiger partial charge is 0.309 e. The highest BCUT2D eigenvalue weighted by Gasteiger charge is 2.34. The van der Waals surface area contributed by atoms with E-state index in [0.717, 1.165) is 11.4 Å². The van der Waals surface area contributed by atoms with E-state index >= 15 is 0 Å². The molecule has 0 aliphatic rings. The molecule has 0 saturated carbocycles. The quantitative estimate of drug-likeness (QED) is 0.168. The number of hydrogen-bond acceptors (Lipinski definition) is 0. The van der Waals surface area contributed by atoms with Gasteiger partial charge in [-0.05, 0) is 72.8 Å². The van der Waals surface area contributed by atoms with Gasteiger partial charge in [-0.2, -0.15) is 0 Å². The Balaban J connectivity index is 1.08. The molecule has 0 fully saturated rings. The number of benzene rings is 13. The monoisotopic (exact) mass is 1060 g/mol. The van der Waals surface area contributed by atoms with E-state index in [1.807, 2.05) is 0 Å². The molecule has 21 rings (SSSR count). The van der Waals surface area contributed by atoms with Crippen molar-refractivity contribution in [2.75, 3.05) is 0 Å². The first kappa shape index (κ1) is 43.5. The molecule has 0 amide bonds. The Labute approximate surface area is 477 Å². The molecule has 8 heterocycles. The molecular formula is C78H44N6. The SMILES string of the molecule is c1ccc(-n2c3ccccc3c3ccc4c(c5cccc6c7c(-n8c9ccccc9c9ccccc98)c8c(c(-n9c%10ccccc%10c%10ccccc%109)c7n4c65)c4cccc5c6c7c(ccc6n8c45)c4ccccc4n7-c4ccccc4)c32)cc1. The third-order valence-electron chi connectivity index (χ3n) is 19.2. The second kappa shape index (κ2) is 15.4. The van der Waals surface area contributed by atoms with Crippen LogP contribution in [-0.4, -0.2) is 27.1 Å². The second-order valence-corrected chi connectivity index (χ2v) is 23.0. The van der Waals surface area contributed by atoms with Crippen LogP contribution < -0.4 is 0 Å². The lowest BCUT2D eigenvalue weighted by Gasteiger charge is -2.19. The normalized spacial score (nSPS) is 12.8. The molecule has 0 N–H and O–H groups in total. The summed E-state index contributed by atoms with van der Waals surface area (Å²) in [6.45, 7) is 0. The van der Waals surface area contributed by atoms with Gasteiger partial charge in [-0.1, -0.05) is 194 Å². The van der Waals surface area contributed by atoms with Gasteiger partial charge in [0, 0.05) is 97.6 Å². The van der Waals surface area contributed by atoms with Gasteiger partial charge in [0.25, 0.3) is 0 Å². The van der Waals surface area contributed by atoms with Gasteiger partial charge in [0.15, 0.2) is 0 Å². The van der Waals surface area contributed by atoms with Crippen LogP contribution in [0, 0.1) is 0 Å². The van der Waals surface area contributed by atoms with E-state index in [1.54, 1.807) is 0 Å². The van der Waals surface area contributed by atoms with Gasteiger partial charge in [0.1, 0.15) is 0 Å².